The molecule has 0 radical (unpaired) electrons. The molecule has 3 N–H and O–H groups in total. The summed E-state index contributed by atoms with van der Waals surface area (Å²) in [6, 6.07) is 14.6. The molecule has 0 bridgehead atoms. The van der Waals surface area contributed by atoms with E-state index in [0.717, 1.165) is 50.5 Å². The fraction of sp³-hybridized carbons (Fsp3) is 0.480. The smallest absolute Gasteiger partial charge is 0.191 e. The largest absolute Gasteiger partial charge is 0.504 e. The van der Waals surface area contributed by atoms with Gasteiger partial charge in [-0.1, -0.05) is 35.9 Å². The van der Waals surface area contributed by atoms with Crippen molar-refractivity contribution < 1.29 is 9.84 Å². The highest BCUT2D eigenvalue weighted by Crippen LogP contribution is 2.27. The van der Waals surface area contributed by atoms with Gasteiger partial charge in [-0.15, -0.1) is 24.0 Å². The third-order valence-electron chi connectivity index (χ3n) is 5.51. The van der Waals surface area contributed by atoms with Gasteiger partial charge in [0.05, 0.1) is 13.2 Å². The van der Waals surface area contributed by atoms with Crippen molar-refractivity contribution in [1.82, 2.24) is 15.5 Å². The lowest BCUT2D eigenvalue weighted by Gasteiger charge is -2.33. The molecule has 0 aromatic heterocycles. The summed E-state index contributed by atoms with van der Waals surface area (Å²) in [5, 5.41) is 16.8. The van der Waals surface area contributed by atoms with Gasteiger partial charge in [-0.05, 0) is 56.9 Å². The van der Waals surface area contributed by atoms with E-state index in [-0.39, 0.29) is 29.7 Å². The Morgan fingerprint density at radius 3 is 2.59 bits per heavy atom. The molecule has 7 heteroatoms. The van der Waals surface area contributed by atoms with Crippen molar-refractivity contribution in [3.8, 4) is 11.5 Å². The van der Waals surface area contributed by atoms with Crippen LogP contribution in [0.25, 0.3) is 0 Å². The Balaban J connectivity index is 0.00000363. The molecular weight excluding hydrogens is 515 g/mol. The SMILES string of the molecule is CCNC(=NCc1ccc(O)c(OCC)c1)NC1CCN(Cc2cccc(C)c2)CC1.I. The van der Waals surface area contributed by atoms with Crippen LogP contribution < -0.4 is 15.4 Å². The van der Waals surface area contributed by atoms with Gasteiger partial charge < -0.3 is 20.5 Å². The Hall–Kier alpha value is -2.00. The van der Waals surface area contributed by atoms with Crippen molar-refractivity contribution in [2.45, 2.75) is 52.7 Å². The predicted molar refractivity (Wildman–Crippen MR) is 142 cm³/mol. The number of rotatable bonds is 8. The molecule has 0 aliphatic carbocycles. The molecule has 176 valence electrons. The number of aryl methyl sites for hydroxylation is 1. The van der Waals surface area contributed by atoms with E-state index in [0.29, 0.717) is 24.9 Å². The number of benzene rings is 2. The summed E-state index contributed by atoms with van der Waals surface area (Å²) < 4.78 is 5.48. The molecule has 32 heavy (non-hydrogen) atoms. The Bertz CT molecular complexity index is 867. The maximum absolute atomic E-state index is 9.88. The second-order valence-electron chi connectivity index (χ2n) is 8.11. The van der Waals surface area contributed by atoms with Crippen LogP contribution in [0.15, 0.2) is 47.5 Å². The standard InChI is InChI=1S/C25H36N4O2.HI/c1-4-26-25(27-17-20-9-10-23(30)24(16-20)31-5-2)28-22-11-13-29(14-12-22)18-21-8-6-7-19(3)15-21;/h6-10,15-16,22,30H,4-5,11-14,17-18H2,1-3H3,(H2,26,27,28);1H. The van der Waals surface area contributed by atoms with Gasteiger partial charge in [0, 0.05) is 32.2 Å². The van der Waals surface area contributed by atoms with Crippen LogP contribution in [-0.4, -0.2) is 48.2 Å². The first-order valence-corrected chi connectivity index (χ1v) is 11.3. The first kappa shape index (κ1) is 26.3. The first-order chi connectivity index (χ1) is 15.1. The molecule has 1 fully saturated rings. The molecule has 0 saturated carbocycles. The molecule has 1 aliphatic heterocycles. The van der Waals surface area contributed by atoms with Gasteiger partial charge in [-0.25, -0.2) is 4.99 Å². The van der Waals surface area contributed by atoms with Crippen LogP contribution in [0.3, 0.4) is 0 Å². The Kier molecular flexibility index (Phi) is 11.1. The molecule has 0 unspecified atom stereocenters. The molecule has 0 atom stereocenters. The Morgan fingerprint density at radius 1 is 1.12 bits per heavy atom. The molecule has 2 aromatic carbocycles. The molecule has 1 heterocycles. The number of hydrogen-bond donors (Lipinski definition) is 3. The van der Waals surface area contributed by atoms with E-state index < -0.39 is 0 Å². The summed E-state index contributed by atoms with van der Waals surface area (Å²) >= 11 is 0. The van der Waals surface area contributed by atoms with Crippen LogP contribution in [0, 0.1) is 6.92 Å². The van der Waals surface area contributed by atoms with Crippen LogP contribution in [-0.2, 0) is 13.1 Å². The minimum atomic E-state index is 0. The number of hydrogen-bond acceptors (Lipinski definition) is 4. The van der Waals surface area contributed by atoms with Crippen molar-refractivity contribution in [3.63, 3.8) is 0 Å². The number of piperidine rings is 1. The van der Waals surface area contributed by atoms with Crippen molar-refractivity contribution in [2.75, 3.05) is 26.2 Å². The maximum atomic E-state index is 9.88. The van der Waals surface area contributed by atoms with Crippen molar-refractivity contribution in [2.24, 2.45) is 4.99 Å². The number of guanidine groups is 1. The van der Waals surface area contributed by atoms with Gasteiger partial charge in [-0.3, -0.25) is 4.90 Å². The van der Waals surface area contributed by atoms with Crippen molar-refractivity contribution in [1.29, 1.82) is 0 Å². The normalized spacial score (nSPS) is 15.2. The van der Waals surface area contributed by atoms with E-state index in [1.807, 2.05) is 19.1 Å². The van der Waals surface area contributed by atoms with Crippen LogP contribution >= 0.6 is 24.0 Å². The summed E-state index contributed by atoms with van der Waals surface area (Å²) in [6.45, 7) is 11.2. The molecule has 1 saturated heterocycles. The number of nitrogens with one attached hydrogen (secondary N) is 2. The van der Waals surface area contributed by atoms with E-state index in [4.69, 9.17) is 9.73 Å². The summed E-state index contributed by atoms with van der Waals surface area (Å²) in [5.74, 6) is 1.51. The zero-order valence-electron chi connectivity index (χ0n) is 19.4. The average molecular weight is 553 g/mol. The second-order valence-corrected chi connectivity index (χ2v) is 8.11. The van der Waals surface area contributed by atoms with Gasteiger partial charge in [0.1, 0.15) is 0 Å². The number of aliphatic imine (C=N–C) groups is 1. The minimum absolute atomic E-state index is 0. The van der Waals surface area contributed by atoms with Gasteiger partial charge >= 0.3 is 0 Å². The lowest BCUT2D eigenvalue weighted by Crippen LogP contribution is -2.48. The summed E-state index contributed by atoms with van der Waals surface area (Å²) in [7, 11) is 0. The molecule has 1 aliphatic rings. The maximum Gasteiger partial charge on any atom is 0.191 e. The Labute approximate surface area is 209 Å². The number of nitrogens with zero attached hydrogens (tertiary/aromatic N) is 2. The number of halogens is 1. The third-order valence-corrected chi connectivity index (χ3v) is 5.51. The van der Waals surface area contributed by atoms with Crippen LogP contribution in [0.4, 0.5) is 0 Å². The van der Waals surface area contributed by atoms with Gasteiger partial charge in [0.15, 0.2) is 17.5 Å². The number of phenols is 1. The molecule has 0 amide bonds. The van der Waals surface area contributed by atoms with E-state index >= 15 is 0 Å². The Morgan fingerprint density at radius 2 is 1.91 bits per heavy atom. The number of likely N-dealkylation sites (tertiary alicyclic amines) is 1. The lowest BCUT2D eigenvalue weighted by molar-refractivity contribution is 0.198. The predicted octanol–water partition coefficient (Wildman–Crippen LogP) is 4.44. The van der Waals surface area contributed by atoms with Crippen molar-refractivity contribution in [3.05, 3.63) is 59.2 Å². The van der Waals surface area contributed by atoms with Crippen LogP contribution in [0.1, 0.15) is 43.4 Å². The van der Waals surface area contributed by atoms with Crippen molar-refractivity contribution >= 4 is 29.9 Å². The molecule has 2 aromatic rings. The van der Waals surface area contributed by atoms with Gasteiger partial charge in [0.25, 0.3) is 0 Å². The highest BCUT2D eigenvalue weighted by Gasteiger charge is 2.20. The monoisotopic (exact) mass is 552 g/mol. The number of phenolic OH excluding ortho intramolecular Hbond substituents is 1. The zero-order valence-corrected chi connectivity index (χ0v) is 21.8. The summed E-state index contributed by atoms with van der Waals surface area (Å²) in [4.78, 5) is 7.28. The molecule has 0 spiro atoms. The summed E-state index contributed by atoms with van der Waals surface area (Å²) in [6.07, 6.45) is 2.20. The highest BCUT2D eigenvalue weighted by molar-refractivity contribution is 14.0. The van der Waals surface area contributed by atoms with Crippen LogP contribution in [0.5, 0.6) is 11.5 Å². The number of aromatic hydroxyl groups is 1. The van der Waals surface area contributed by atoms with E-state index in [2.05, 4.69) is 53.6 Å². The fourth-order valence-electron chi connectivity index (χ4n) is 3.92. The molecule has 3 rings (SSSR count). The van der Waals surface area contributed by atoms with E-state index in [1.165, 1.54) is 11.1 Å². The van der Waals surface area contributed by atoms with Gasteiger partial charge in [0.2, 0.25) is 0 Å². The van der Waals surface area contributed by atoms with E-state index in [1.54, 1.807) is 6.07 Å². The fourth-order valence-corrected chi connectivity index (χ4v) is 3.92. The zero-order chi connectivity index (χ0) is 22.1. The summed E-state index contributed by atoms with van der Waals surface area (Å²) in [5.41, 5.74) is 3.72. The third kappa shape index (κ3) is 8.16. The lowest BCUT2D eigenvalue weighted by atomic mass is 10.0. The quantitative estimate of drug-likeness (QED) is 0.257. The van der Waals surface area contributed by atoms with Crippen LogP contribution in [0.2, 0.25) is 0 Å². The minimum Gasteiger partial charge on any atom is -0.504 e. The second kappa shape index (κ2) is 13.5. The highest BCUT2D eigenvalue weighted by atomic mass is 127. The number of ether oxygens (including phenoxy) is 1. The molecule has 6 nitrogen and oxygen atoms in total. The molecular formula is C25H37IN4O2. The first-order valence-electron chi connectivity index (χ1n) is 11.3. The van der Waals surface area contributed by atoms with E-state index in [9.17, 15) is 5.11 Å². The van der Waals surface area contributed by atoms with Gasteiger partial charge in [-0.2, -0.15) is 0 Å². The topological polar surface area (TPSA) is 69.1 Å². The average Bonchev–Trinajstić information content (AvgIpc) is 2.76.